The van der Waals surface area contributed by atoms with Crippen LogP contribution in [0.2, 0.25) is 15.1 Å². The third-order valence-electron chi connectivity index (χ3n) is 10.4. The van der Waals surface area contributed by atoms with Gasteiger partial charge in [-0.2, -0.15) is 0 Å². The van der Waals surface area contributed by atoms with Crippen molar-refractivity contribution in [2.75, 3.05) is 44.0 Å². The number of aryl methyl sites for hydroxylation is 1. The lowest BCUT2D eigenvalue weighted by Gasteiger charge is -2.43. The van der Waals surface area contributed by atoms with E-state index in [1.165, 1.54) is 4.90 Å². The van der Waals surface area contributed by atoms with Crippen LogP contribution in [0.5, 0.6) is 5.75 Å². The summed E-state index contributed by atoms with van der Waals surface area (Å²) in [6.45, 7) is 8.94. The number of hydrogen-bond acceptors (Lipinski definition) is 6. The van der Waals surface area contributed by atoms with Crippen LogP contribution in [0.3, 0.4) is 0 Å². The molecule has 0 aliphatic rings. The summed E-state index contributed by atoms with van der Waals surface area (Å²) in [6, 6.07) is 39.6. The molecule has 0 atom stereocenters. The summed E-state index contributed by atoms with van der Waals surface area (Å²) in [4.78, 5) is 47.5. The molecule has 0 saturated carbocycles. The van der Waals surface area contributed by atoms with E-state index in [0.717, 1.165) is 27.0 Å². The van der Waals surface area contributed by atoms with E-state index in [1.54, 1.807) is 55.4 Å². The number of fused-ring (bicyclic) bond motifs is 1. The van der Waals surface area contributed by atoms with Crippen LogP contribution in [0.25, 0.3) is 10.9 Å². The molecule has 1 aromatic heterocycles. The number of nitrogens with zero attached hydrogens (tertiary/aromatic N) is 3. The molecule has 0 bridgehead atoms. The van der Waals surface area contributed by atoms with Crippen molar-refractivity contribution in [2.45, 2.75) is 39.3 Å². The van der Waals surface area contributed by atoms with Crippen LogP contribution in [-0.2, 0) is 15.8 Å². The zero-order chi connectivity index (χ0) is 43.0. The van der Waals surface area contributed by atoms with Crippen molar-refractivity contribution < 1.29 is 23.5 Å². The summed E-state index contributed by atoms with van der Waals surface area (Å²) in [5.41, 5.74) is 3.24. The summed E-state index contributed by atoms with van der Waals surface area (Å²) in [5.74, 6) is -0.0803. The van der Waals surface area contributed by atoms with Crippen molar-refractivity contribution in [3.63, 3.8) is 0 Å². The predicted octanol–water partition coefficient (Wildman–Crippen LogP) is 8.86. The molecule has 0 aliphatic heterocycles. The fourth-order valence-corrected chi connectivity index (χ4v) is 12.4. The van der Waals surface area contributed by atoms with Gasteiger partial charge in [0.25, 0.3) is 14.2 Å². The second kappa shape index (κ2) is 19.1. The van der Waals surface area contributed by atoms with Crippen LogP contribution in [0.1, 0.15) is 42.4 Å². The van der Waals surface area contributed by atoms with Gasteiger partial charge in [0, 0.05) is 53.6 Å². The van der Waals surface area contributed by atoms with Gasteiger partial charge in [0.15, 0.2) is 0 Å². The van der Waals surface area contributed by atoms with Crippen molar-refractivity contribution in [2.24, 2.45) is 0 Å². The number of anilines is 2. The highest BCUT2D eigenvalue weighted by Gasteiger charge is 2.50. The fraction of sp³-hybridized carbons (Fsp3) is 0.234. The Kier molecular flexibility index (Phi) is 14.0. The molecule has 1 heterocycles. The zero-order valence-corrected chi connectivity index (χ0v) is 37.1. The van der Waals surface area contributed by atoms with Crippen molar-refractivity contribution in [3.8, 4) is 5.75 Å². The molecule has 0 aliphatic carbocycles. The number of amides is 4. The van der Waals surface area contributed by atoms with E-state index in [-0.39, 0.29) is 29.1 Å². The first-order valence-corrected chi connectivity index (χ1v) is 22.2. The number of hydrogen-bond donors (Lipinski definition) is 2. The maximum atomic E-state index is 13.6. The lowest BCUT2D eigenvalue weighted by Crippen LogP contribution is -2.67. The normalized spacial score (nSPS) is 11.5. The number of likely N-dealkylation sites (N-methyl/N-ethyl adjacent to an activating group) is 2. The first-order valence-electron chi connectivity index (χ1n) is 19.6. The van der Waals surface area contributed by atoms with Crippen LogP contribution < -0.4 is 30.6 Å². The van der Waals surface area contributed by atoms with Crippen LogP contribution in [-0.4, -0.2) is 69.8 Å². The minimum atomic E-state index is -2.77. The Balaban J connectivity index is 1.04. The summed E-state index contributed by atoms with van der Waals surface area (Å²) < 4.78 is 13.1. The molecule has 6 aromatic rings. The Labute approximate surface area is 362 Å². The number of rotatable bonds is 14. The van der Waals surface area contributed by atoms with Gasteiger partial charge in [-0.3, -0.25) is 9.59 Å². The molecule has 0 saturated heterocycles. The Bertz CT molecular complexity index is 2440. The number of pyridine rings is 1. The predicted molar refractivity (Wildman–Crippen MR) is 245 cm³/mol. The smallest absolute Gasteiger partial charge is 0.319 e. The Morgan fingerprint density at radius 1 is 0.800 bits per heavy atom. The first kappa shape index (κ1) is 43.8. The van der Waals surface area contributed by atoms with Gasteiger partial charge in [-0.05, 0) is 64.8 Å². The van der Waals surface area contributed by atoms with Crippen molar-refractivity contribution >= 4 is 82.0 Å². The number of carbonyl (C=O) groups is 3. The number of para-hydroxylation sites is 1. The van der Waals surface area contributed by atoms with Crippen molar-refractivity contribution in [1.82, 2.24) is 15.2 Å². The van der Waals surface area contributed by atoms with Gasteiger partial charge in [-0.25, -0.2) is 9.78 Å². The molecule has 4 amide bonds. The molecular formula is C47H49Cl2N5O5Si. The van der Waals surface area contributed by atoms with Crippen LogP contribution >= 0.6 is 23.2 Å². The molecule has 0 unspecified atom stereocenters. The molecule has 5 aromatic carbocycles. The molecule has 13 heteroatoms. The second-order valence-corrected chi connectivity index (χ2v) is 20.6. The van der Waals surface area contributed by atoms with Gasteiger partial charge in [0.05, 0.1) is 23.9 Å². The Morgan fingerprint density at radius 3 is 2.13 bits per heavy atom. The van der Waals surface area contributed by atoms with E-state index >= 15 is 0 Å². The van der Waals surface area contributed by atoms with E-state index in [1.807, 2.05) is 73.7 Å². The summed E-state index contributed by atoms with van der Waals surface area (Å²) >= 11 is 13.3. The third-order valence-corrected chi connectivity index (χ3v) is 16.2. The first-order chi connectivity index (χ1) is 28.7. The number of aromatic nitrogens is 1. The molecule has 0 fully saturated rings. The zero-order valence-electron chi connectivity index (χ0n) is 34.6. The van der Waals surface area contributed by atoms with Crippen molar-refractivity contribution in [1.29, 1.82) is 0 Å². The van der Waals surface area contributed by atoms with Crippen LogP contribution in [0.15, 0.2) is 127 Å². The summed E-state index contributed by atoms with van der Waals surface area (Å²) in [6.07, 6.45) is 0. The highest BCUT2D eigenvalue weighted by Crippen LogP contribution is 2.37. The summed E-state index contributed by atoms with van der Waals surface area (Å²) in [5, 5.41) is 9.01. The SMILES string of the molecule is Cc1ccc2cccc(OCc3c(Cl)ccc(N(C)C(=O)CNC(=O)Nc4cccc(C(=O)N(C)CCO[Si](c5ccccc5)(c5ccccc5)C(C)(C)C)c4)c3Cl)c2n1. The summed E-state index contributed by atoms with van der Waals surface area (Å²) in [7, 11) is 0.523. The number of nitrogens with one attached hydrogen (secondary N) is 2. The molecule has 0 radical (unpaired) electrons. The van der Waals surface area contributed by atoms with Gasteiger partial charge in [-0.15, -0.1) is 0 Å². The molecular weight excluding hydrogens is 814 g/mol. The van der Waals surface area contributed by atoms with E-state index in [9.17, 15) is 14.4 Å². The maximum absolute atomic E-state index is 13.6. The lowest BCUT2D eigenvalue weighted by molar-refractivity contribution is -0.117. The average molecular weight is 863 g/mol. The number of carbonyl (C=O) groups excluding carboxylic acids is 3. The topological polar surface area (TPSA) is 113 Å². The standard InChI is InChI=1S/C47H49Cl2N5O5Si/c1-32-23-24-33-15-14-22-41(44(33)51-32)58-31-38-39(48)25-26-40(43(38)49)54(6)42(55)30-50-46(57)52-35-17-13-16-34(29-35)45(56)53(5)27-28-59-60(47(2,3)4,36-18-9-7-10-19-36)37-20-11-8-12-21-37/h7-26,29H,27-28,30-31H2,1-6H3,(H2,50,52,57). The van der Waals surface area contributed by atoms with Crippen LogP contribution in [0, 0.1) is 6.92 Å². The van der Waals surface area contributed by atoms with E-state index in [2.05, 4.69) is 60.7 Å². The molecule has 6 rings (SSSR count). The number of benzene rings is 5. The molecule has 10 nitrogen and oxygen atoms in total. The van der Waals surface area contributed by atoms with Gasteiger partial charge < -0.3 is 29.6 Å². The number of halogens is 2. The van der Waals surface area contributed by atoms with E-state index in [0.29, 0.717) is 46.4 Å². The Morgan fingerprint density at radius 2 is 1.47 bits per heavy atom. The minimum absolute atomic E-state index is 0.0377. The highest BCUT2D eigenvalue weighted by atomic mass is 35.5. The quantitative estimate of drug-likeness (QED) is 0.106. The largest absolute Gasteiger partial charge is 0.487 e. The second-order valence-electron chi connectivity index (χ2n) is 15.5. The maximum Gasteiger partial charge on any atom is 0.319 e. The molecule has 0 spiro atoms. The van der Waals surface area contributed by atoms with Gasteiger partial charge in [-0.1, -0.05) is 129 Å². The van der Waals surface area contributed by atoms with Crippen LogP contribution in [0.4, 0.5) is 16.2 Å². The van der Waals surface area contributed by atoms with E-state index < -0.39 is 20.3 Å². The lowest BCUT2D eigenvalue weighted by atomic mass is 10.1. The fourth-order valence-electron chi connectivity index (χ4n) is 7.19. The molecule has 2 N–H and O–H groups in total. The van der Waals surface area contributed by atoms with Gasteiger partial charge in [0.1, 0.15) is 17.9 Å². The third kappa shape index (κ3) is 9.83. The average Bonchev–Trinajstić information content (AvgIpc) is 3.24. The van der Waals surface area contributed by atoms with Gasteiger partial charge >= 0.3 is 6.03 Å². The number of ether oxygens (including phenoxy) is 1. The van der Waals surface area contributed by atoms with Crippen molar-refractivity contribution in [3.05, 3.63) is 154 Å². The number of urea groups is 1. The monoisotopic (exact) mass is 861 g/mol. The van der Waals surface area contributed by atoms with E-state index in [4.69, 9.17) is 32.4 Å². The molecule has 60 heavy (non-hydrogen) atoms. The Hall–Kier alpha value is -5.72. The highest BCUT2D eigenvalue weighted by molar-refractivity contribution is 6.99. The van der Waals surface area contributed by atoms with Gasteiger partial charge in [0.2, 0.25) is 5.91 Å². The minimum Gasteiger partial charge on any atom is -0.487 e. The molecule has 310 valence electrons.